The van der Waals surface area contributed by atoms with E-state index in [1.165, 1.54) is 23.3 Å². The summed E-state index contributed by atoms with van der Waals surface area (Å²) < 4.78 is 19.3. The summed E-state index contributed by atoms with van der Waals surface area (Å²) in [6, 6.07) is 3.78. The maximum atomic E-state index is 13.6. The highest BCUT2D eigenvalue weighted by Gasteiger charge is 2.38. The molecule has 1 aliphatic heterocycles. The third-order valence-electron chi connectivity index (χ3n) is 5.93. The molecular formula is C22H25FN4O4. The summed E-state index contributed by atoms with van der Waals surface area (Å²) in [7, 11) is 0. The van der Waals surface area contributed by atoms with Gasteiger partial charge in [-0.25, -0.2) is 9.45 Å². The van der Waals surface area contributed by atoms with Gasteiger partial charge in [0.1, 0.15) is 17.6 Å². The van der Waals surface area contributed by atoms with E-state index in [2.05, 4.69) is 9.97 Å². The number of rotatable bonds is 6. The number of nitrogens with two attached hydrogens (primary N) is 1. The molecule has 1 saturated heterocycles. The molecule has 1 saturated carbocycles. The zero-order valence-corrected chi connectivity index (χ0v) is 17.1. The van der Waals surface area contributed by atoms with Crippen molar-refractivity contribution in [2.45, 2.75) is 38.1 Å². The van der Waals surface area contributed by atoms with Gasteiger partial charge in [0.2, 0.25) is 5.91 Å². The predicted octanol–water partition coefficient (Wildman–Crippen LogP) is 2.81. The lowest BCUT2D eigenvalue weighted by Gasteiger charge is -2.31. The molecule has 1 aromatic heterocycles. The summed E-state index contributed by atoms with van der Waals surface area (Å²) in [6.07, 6.45) is 8.77. The molecule has 2 amide bonds. The highest BCUT2D eigenvalue weighted by molar-refractivity contribution is 5.93. The lowest BCUT2D eigenvalue weighted by Crippen LogP contribution is -2.37. The zero-order chi connectivity index (χ0) is 21.8. The average molecular weight is 428 g/mol. The molecule has 1 aliphatic carbocycles. The topological polar surface area (TPSA) is 108 Å². The van der Waals surface area contributed by atoms with E-state index in [1.54, 1.807) is 18.6 Å². The van der Waals surface area contributed by atoms with E-state index in [0.717, 1.165) is 31.4 Å². The third-order valence-corrected chi connectivity index (χ3v) is 5.93. The van der Waals surface area contributed by atoms with Crippen LogP contribution < -0.4 is 10.5 Å². The Labute approximate surface area is 179 Å². The van der Waals surface area contributed by atoms with E-state index in [1.807, 2.05) is 0 Å². The molecule has 0 bridgehead atoms. The quantitative estimate of drug-likeness (QED) is 0.758. The van der Waals surface area contributed by atoms with E-state index >= 15 is 0 Å². The molecule has 8 nitrogen and oxygen atoms in total. The van der Waals surface area contributed by atoms with Gasteiger partial charge in [0.05, 0.1) is 30.7 Å². The van der Waals surface area contributed by atoms with E-state index < -0.39 is 11.7 Å². The summed E-state index contributed by atoms with van der Waals surface area (Å²) in [6.45, 7) is 0.925. The van der Waals surface area contributed by atoms with Crippen molar-refractivity contribution in [1.29, 1.82) is 0 Å². The molecule has 31 heavy (non-hydrogen) atoms. The monoisotopic (exact) mass is 428 g/mol. The summed E-state index contributed by atoms with van der Waals surface area (Å²) in [5.41, 5.74) is 5.73. The van der Waals surface area contributed by atoms with E-state index in [9.17, 15) is 14.0 Å². The van der Waals surface area contributed by atoms with Crippen LogP contribution in [0.25, 0.3) is 0 Å². The van der Waals surface area contributed by atoms with Crippen molar-refractivity contribution in [3.63, 3.8) is 0 Å². The minimum absolute atomic E-state index is 0.00263. The number of hydroxylamine groups is 2. The Hall–Kier alpha value is -3.07. The minimum atomic E-state index is -0.828. The van der Waals surface area contributed by atoms with Gasteiger partial charge >= 0.3 is 0 Å². The number of nitrogens with zero attached hydrogens (tertiary/aromatic N) is 3. The second kappa shape index (κ2) is 9.38. The van der Waals surface area contributed by atoms with E-state index in [0.29, 0.717) is 25.4 Å². The van der Waals surface area contributed by atoms with Gasteiger partial charge < -0.3 is 10.5 Å². The van der Waals surface area contributed by atoms with Crippen LogP contribution in [0.1, 0.15) is 54.2 Å². The fourth-order valence-electron chi connectivity index (χ4n) is 4.19. The summed E-state index contributed by atoms with van der Waals surface area (Å²) >= 11 is 0. The van der Waals surface area contributed by atoms with E-state index in [4.69, 9.17) is 15.3 Å². The Kier molecular flexibility index (Phi) is 6.41. The van der Waals surface area contributed by atoms with Crippen molar-refractivity contribution in [1.82, 2.24) is 15.0 Å². The number of benzene rings is 1. The van der Waals surface area contributed by atoms with Gasteiger partial charge in [0.15, 0.2) is 0 Å². The number of halogens is 1. The summed E-state index contributed by atoms with van der Waals surface area (Å²) in [5, 5.41) is 1.48. The van der Waals surface area contributed by atoms with Crippen molar-refractivity contribution in [2.75, 3.05) is 13.2 Å². The first kappa shape index (κ1) is 21.2. The van der Waals surface area contributed by atoms with Gasteiger partial charge in [-0.3, -0.25) is 24.4 Å². The molecule has 2 aromatic rings. The van der Waals surface area contributed by atoms with Crippen LogP contribution in [0.2, 0.25) is 0 Å². The Balaban J connectivity index is 1.29. The predicted molar refractivity (Wildman–Crippen MR) is 108 cm³/mol. The normalized spacial score (nSPS) is 23.5. The van der Waals surface area contributed by atoms with Crippen LogP contribution in [0.15, 0.2) is 36.8 Å². The number of ether oxygens (including phenoxy) is 1. The SMILES string of the molecule is NC(=O)c1cc(OCC2CCC(C(=O)N3OCC[C@H]3c3cnccn3)CC2)ccc1F. The Morgan fingerprint density at radius 3 is 2.71 bits per heavy atom. The molecule has 2 aliphatic rings. The standard InChI is InChI=1S/C22H25FN4O4/c23-18-6-5-16(11-17(18)21(24)28)30-13-14-1-3-15(4-2-14)22(29)27-20(7-10-31-27)19-12-25-8-9-26-19/h5-6,8-9,11-12,14-15,20H,1-4,7,10,13H2,(H2,24,28)/t14?,15?,20-/m0/s1. The number of amides is 2. The molecule has 0 spiro atoms. The second-order valence-corrected chi connectivity index (χ2v) is 7.97. The van der Waals surface area contributed by atoms with Gasteiger partial charge in [-0.05, 0) is 49.8 Å². The maximum absolute atomic E-state index is 13.6. The lowest BCUT2D eigenvalue weighted by atomic mass is 9.81. The number of carbonyl (C=O) groups excluding carboxylic acids is 2. The minimum Gasteiger partial charge on any atom is -0.493 e. The van der Waals surface area contributed by atoms with Crippen LogP contribution in [-0.2, 0) is 9.63 Å². The zero-order valence-electron chi connectivity index (χ0n) is 17.1. The van der Waals surface area contributed by atoms with Gasteiger partial charge in [0, 0.05) is 24.7 Å². The Morgan fingerprint density at radius 2 is 2.00 bits per heavy atom. The molecule has 9 heteroatoms. The number of primary amides is 1. The second-order valence-electron chi connectivity index (χ2n) is 7.97. The number of carbonyl (C=O) groups is 2. The highest BCUT2D eigenvalue weighted by Crippen LogP contribution is 2.35. The molecule has 0 radical (unpaired) electrons. The molecule has 2 N–H and O–H groups in total. The third kappa shape index (κ3) is 4.82. The van der Waals surface area contributed by atoms with Crippen LogP contribution in [0.5, 0.6) is 5.75 Å². The molecule has 2 fully saturated rings. The maximum Gasteiger partial charge on any atom is 0.251 e. The number of hydrogen-bond donors (Lipinski definition) is 1. The first-order valence-electron chi connectivity index (χ1n) is 10.5. The van der Waals surface area contributed by atoms with Crippen LogP contribution in [0, 0.1) is 17.7 Å². The lowest BCUT2D eigenvalue weighted by molar-refractivity contribution is -0.183. The van der Waals surface area contributed by atoms with Gasteiger partial charge in [0.25, 0.3) is 5.91 Å². The first-order chi connectivity index (χ1) is 15.0. The molecule has 1 atom stereocenters. The van der Waals surface area contributed by atoms with Gasteiger partial charge in [-0.15, -0.1) is 0 Å². The van der Waals surface area contributed by atoms with Crippen molar-refractivity contribution in [2.24, 2.45) is 17.6 Å². The van der Waals surface area contributed by atoms with Crippen molar-refractivity contribution >= 4 is 11.8 Å². The van der Waals surface area contributed by atoms with Gasteiger partial charge in [-0.1, -0.05) is 0 Å². The summed E-state index contributed by atoms with van der Waals surface area (Å²) in [4.78, 5) is 38.4. The van der Waals surface area contributed by atoms with Crippen LogP contribution in [-0.4, -0.2) is 40.1 Å². The molecule has 2 heterocycles. The molecule has 1 aromatic carbocycles. The van der Waals surface area contributed by atoms with Crippen LogP contribution in [0.3, 0.4) is 0 Å². The fraction of sp³-hybridized carbons (Fsp3) is 0.455. The smallest absolute Gasteiger partial charge is 0.251 e. The first-order valence-corrected chi connectivity index (χ1v) is 10.5. The molecule has 164 valence electrons. The largest absolute Gasteiger partial charge is 0.493 e. The summed E-state index contributed by atoms with van der Waals surface area (Å²) in [5.74, 6) is -0.904. The fourth-order valence-corrected chi connectivity index (χ4v) is 4.19. The molecular weight excluding hydrogens is 403 g/mol. The van der Waals surface area contributed by atoms with Crippen molar-refractivity contribution in [3.8, 4) is 5.75 Å². The Morgan fingerprint density at radius 1 is 1.19 bits per heavy atom. The average Bonchev–Trinajstić information content (AvgIpc) is 3.29. The van der Waals surface area contributed by atoms with E-state index in [-0.39, 0.29) is 29.3 Å². The molecule has 0 unspecified atom stereocenters. The van der Waals surface area contributed by atoms with Crippen molar-refractivity contribution in [3.05, 3.63) is 53.9 Å². The highest BCUT2D eigenvalue weighted by atomic mass is 19.1. The number of aromatic nitrogens is 2. The van der Waals surface area contributed by atoms with Crippen molar-refractivity contribution < 1.29 is 23.6 Å². The molecule has 4 rings (SSSR count). The van der Waals surface area contributed by atoms with Crippen LogP contribution >= 0.6 is 0 Å². The Bertz CT molecular complexity index is 934. The van der Waals surface area contributed by atoms with Gasteiger partial charge in [-0.2, -0.15) is 0 Å². The van der Waals surface area contributed by atoms with Crippen LogP contribution in [0.4, 0.5) is 4.39 Å². The number of hydrogen-bond acceptors (Lipinski definition) is 6.